The first-order chi connectivity index (χ1) is 9.69. The van der Waals surface area contributed by atoms with Gasteiger partial charge in [-0.3, -0.25) is 4.79 Å². The summed E-state index contributed by atoms with van der Waals surface area (Å²) in [6.07, 6.45) is 4.67. The summed E-state index contributed by atoms with van der Waals surface area (Å²) in [6.45, 7) is 2.01. The van der Waals surface area contributed by atoms with Crippen LogP contribution < -0.4 is 5.32 Å². The van der Waals surface area contributed by atoms with Crippen molar-refractivity contribution in [3.63, 3.8) is 0 Å². The summed E-state index contributed by atoms with van der Waals surface area (Å²) in [6, 6.07) is 0. The van der Waals surface area contributed by atoms with Crippen LogP contribution in [0.5, 0.6) is 0 Å². The van der Waals surface area contributed by atoms with Crippen LogP contribution in [-0.2, 0) is 22.4 Å². The van der Waals surface area contributed by atoms with Crippen molar-refractivity contribution in [2.75, 3.05) is 19.0 Å². The van der Waals surface area contributed by atoms with Crippen LogP contribution in [0.25, 0.3) is 10.2 Å². The maximum atomic E-state index is 11.3. The van der Waals surface area contributed by atoms with E-state index in [1.54, 1.807) is 11.3 Å². The number of hydrogen-bond acceptors (Lipinski definition) is 6. The van der Waals surface area contributed by atoms with Gasteiger partial charge in [0.2, 0.25) is 0 Å². The number of esters is 1. The number of hydrogen-bond donors (Lipinski definition) is 1. The smallest absolute Gasteiger partial charge is 0.325 e. The Hall–Kier alpha value is -1.69. The van der Waals surface area contributed by atoms with E-state index in [9.17, 15) is 4.79 Å². The van der Waals surface area contributed by atoms with Crippen LogP contribution in [0.2, 0.25) is 0 Å². The lowest BCUT2D eigenvalue weighted by atomic mass is 9.97. The summed E-state index contributed by atoms with van der Waals surface area (Å²) >= 11 is 1.76. The number of carbonyl (C=O) groups is 1. The number of nitrogens with one attached hydrogen (secondary N) is 1. The van der Waals surface area contributed by atoms with Crippen LogP contribution in [0.1, 0.15) is 29.1 Å². The molecule has 0 fully saturated rings. The van der Waals surface area contributed by atoms with Crippen molar-refractivity contribution in [3.05, 3.63) is 16.3 Å². The monoisotopic (exact) mass is 291 g/mol. The number of ether oxygens (including phenoxy) is 1. The van der Waals surface area contributed by atoms with E-state index < -0.39 is 0 Å². The number of fused-ring (bicyclic) bond motifs is 3. The van der Waals surface area contributed by atoms with Gasteiger partial charge in [0.25, 0.3) is 0 Å². The van der Waals surface area contributed by atoms with Gasteiger partial charge in [-0.05, 0) is 38.2 Å². The standard InChI is InChI=1S/C14H17N3O2S/c1-8-16-13(15-7-11(18)19-2)12-9-5-3-4-6-10(9)20-14(12)17-8/h3-7H2,1-2H3,(H,15,16,17). The molecular weight excluding hydrogens is 274 g/mol. The number of aryl methyl sites for hydroxylation is 3. The Bertz CT molecular complexity index is 666. The number of carbonyl (C=O) groups excluding carboxylic acids is 1. The summed E-state index contributed by atoms with van der Waals surface area (Å²) in [5, 5.41) is 4.19. The van der Waals surface area contributed by atoms with Gasteiger partial charge in [0.15, 0.2) is 0 Å². The SMILES string of the molecule is COC(=O)CNc1nc(C)nc2sc3c(c12)CCCC3. The minimum Gasteiger partial charge on any atom is -0.468 e. The fourth-order valence-corrected chi connectivity index (χ4v) is 3.93. The molecule has 3 rings (SSSR count). The van der Waals surface area contributed by atoms with Crippen LogP contribution >= 0.6 is 11.3 Å². The molecule has 1 aliphatic rings. The third-order valence-electron chi connectivity index (χ3n) is 3.55. The lowest BCUT2D eigenvalue weighted by molar-refractivity contribution is -0.138. The quantitative estimate of drug-likeness (QED) is 0.880. The second-order valence-corrected chi connectivity index (χ2v) is 6.02. The zero-order valence-electron chi connectivity index (χ0n) is 11.7. The van der Waals surface area contributed by atoms with E-state index in [1.807, 2.05) is 6.92 Å². The van der Waals surface area contributed by atoms with Gasteiger partial charge in [-0.15, -0.1) is 11.3 Å². The maximum absolute atomic E-state index is 11.3. The Morgan fingerprint density at radius 1 is 1.35 bits per heavy atom. The summed E-state index contributed by atoms with van der Waals surface area (Å²) < 4.78 is 4.67. The molecule has 2 aromatic rings. The lowest BCUT2D eigenvalue weighted by Gasteiger charge is -2.12. The van der Waals surface area contributed by atoms with Gasteiger partial charge in [0, 0.05) is 4.88 Å². The van der Waals surface area contributed by atoms with Gasteiger partial charge in [-0.1, -0.05) is 0 Å². The van der Waals surface area contributed by atoms with Crippen molar-refractivity contribution in [3.8, 4) is 0 Å². The zero-order valence-corrected chi connectivity index (χ0v) is 12.5. The summed E-state index contributed by atoms with van der Waals surface area (Å²) in [4.78, 5) is 22.8. The minimum atomic E-state index is -0.293. The molecule has 0 aliphatic heterocycles. The third-order valence-corrected chi connectivity index (χ3v) is 4.74. The Kier molecular flexibility index (Phi) is 3.56. The molecule has 0 radical (unpaired) electrons. The largest absolute Gasteiger partial charge is 0.468 e. The van der Waals surface area contributed by atoms with Crippen LogP contribution in [0.3, 0.4) is 0 Å². The van der Waals surface area contributed by atoms with Gasteiger partial charge in [0.05, 0.1) is 12.5 Å². The molecule has 2 aromatic heterocycles. The molecule has 0 atom stereocenters. The first-order valence-electron chi connectivity index (χ1n) is 6.78. The van der Waals surface area contributed by atoms with Crippen molar-refractivity contribution in [2.24, 2.45) is 0 Å². The molecule has 1 N–H and O–H groups in total. The van der Waals surface area contributed by atoms with Gasteiger partial charge < -0.3 is 10.1 Å². The van der Waals surface area contributed by atoms with E-state index in [0.717, 1.165) is 34.7 Å². The van der Waals surface area contributed by atoms with Crippen LogP contribution in [0, 0.1) is 6.92 Å². The van der Waals surface area contributed by atoms with Gasteiger partial charge in [-0.2, -0.15) is 0 Å². The van der Waals surface area contributed by atoms with E-state index in [2.05, 4.69) is 20.0 Å². The van der Waals surface area contributed by atoms with Gasteiger partial charge >= 0.3 is 5.97 Å². The van der Waals surface area contributed by atoms with E-state index in [0.29, 0.717) is 0 Å². The number of nitrogens with zero attached hydrogens (tertiary/aromatic N) is 2. The average molecular weight is 291 g/mol. The fraction of sp³-hybridized carbons (Fsp3) is 0.500. The van der Waals surface area contributed by atoms with Crippen LogP contribution in [-0.4, -0.2) is 29.6 Å². The number of rotatable bonds is 3. The molecule has 0 amide bonds. The highest BCUT2D eigenvalue weighted by molar-refractivity contribution is 7.19. The summed E-state index contributed by atoms with van der Waals surface area (Å²) in [5.41, 5.74) is 1.36. The molecule has 0 saturated carbocycles. The van der Waals surface area contributed by atoms with E-state index >= 15 is 0 Å². The third kappa shape index (κ3) is 2.35. The van der Waals surface area contributed by atoms with Crippen molar-refractivity contribution >= 4 is 33.3 Å². The van der Waals surface area contributed by atoms with Crippen LogP contribution in [0.15, 0.2) is 0 Å². The Morgan fingerprint density at radius 2 is 2.15 bits per heavy atom. The number of methoxy groups -OCH3 is 1. The Labute approximate surface area is 121 Å². The number of thiophene rings is 1. The van der Waals surface area contributed by atoms with E-state index in [-0.39, 0.29) is 12.5 Å². The van der Waals surface area contributed by atoms with Gasteiger partial charge in [0.1, 0.15) is 23.0 Å². The minimum absolute atomic E-state index is 0.132. The molecule has 0 bridgehead atoms. The molecule has 0 unspecified atom stereocenters. The van der Waals surface area contributed by atoms with Crippen molar-refractivity contribution in [1.29, 1.82) is 0 Å². The van der Waals surface area contributed by atoms with E-state index in [4.69, 9.17) is 0 Å². The van der Waals surface area contributed by atoms with Crippen molar-refractivity contribution < 1.29 is 9.53 Å². The summed E-state index contributed by atoms with van der Waals surface area (Å²) in [7, 11) is 1.39. The molecule has 106 valence electrons. The topological polar surface area (TPSA) is 64.1 Å². The van der Waals surface area contributed by atoms with Crippen molar-refractivity contribution in [2.45, 2.75) is 32.6 Å². The number of anilines is 1. The predicted octanol–water partition coefficient (Wildman–Crippen LogP) is 2.46. The highest BCUT2D eigenvalue weighted by Crippen LogP contribution is 2.38. The Morgan fingerprint density at radius 3 is 2.95 bits per heavy atom. The summed E-state index contributed by atoms with van der Waals surface area (Å²) in [5.74, 6) is 1.19. The predicted molar refractivity (Wildman–Crippen MR) is 79.3 cm³/mol. The Balaban J connectivity index is 2.05. The maximum Gasteiger partial charge on any atom is 0.325 e. The lowest BCUT2D eigenvalue weighted by Crippen LogP contribution is -2.16. The number of aromatic nitrogens is 2. The molecule has 0 spiro atoms. The van der Waals surface area contributed by atoms with Crippen molar-refractivity contribution in [1.82, 2.24) is 9.97 Å². The highest BCUT2D eigenvalue weighted by atomic mass is 32.1. The fourth-order valence-electron chi connectivity index (χ4n) is 2.62. The molecule has 6 heteroatoms. The van der Waals surface area contributed by atoms with E-state index in [1.165, 1.54) is 30.4 Å². The first kappa shape index (κ1) is 13.3. The van der Waals surface area contributed by atoms with Crippen LogP contribution in [0.4, 0.5) is 5.82 Å². The molecular formula is C14H17N3O2S. The molecule has 2 heterocycles. The molecule has 20 heavy (non-hydrogen) atoms. The highest BCUT2D eigenvalue weighted by Gasteiger charge is 2.20. The second kappa shape index (κ2) is 5.36. The molecule has 0 saturated heterocycles. The van der Waals surface area contributed by atoms with Gasteiger partial charge in [-0.25, -0.2) is 9.97 Å². The average Bonchev–Trinajstić information content (AvgIpc) is 2.82. The molecule has 1 aliphatic carbocycles. The molecule has 0 aromatic carbocycles. The zero-order chi connectivity index (χ0) is 14.1. The first-order valence-corrected chi connectivity index (χ1v) is 7.60. The molecule has 5 nitrogen and oxygen atoms in total. The normalized spacial score (nSPS) is 14.1. The second-order valence-electron chi connectivity index (χ2n) is 4.94.